The van der Waals surface area contributed by atoms with E-state index in [0.717, 1.165) is 36.5 Å². The molecule has 0 aliphatic heterocycles. The first-order valence-corrected chi connectivity index (χ1v) is 7.23. The van der Waals surface area contributed by atoms with Gasteiger partial charge in [0.2, 0.25) is 0 Å². The maximum Gasteiger partial charge on any atom is 0.128 e. The molecule has 2 aromatic rings. The molecule has 2 nitrogen and oxygen atoms in total. The van der Waals surface area contributed by atoms with Crippen LogP contribution in [0.3, 0.4) is 0 Å². The Morgan fingerprint density at radius 1 is 1.20 bits per heavy atom. The number of hydrogen-bond donors (Lipinski definition) is 1. The third-order valence-electron chi connectivity index (χ3n) is 3.38. The van der Waals surface area contributed by atoms with Crippen molar-refractivity contribution < 1.29 is 8.81 Å². The third kappa shape index (κ3) is 3.28. The van der Waals surface area contributed by atoms with Gasteiger partial charge in [0.05, 0.1) is 6.04 Å². The summed E-state index contributed by atoms with van der Waals surface area (Å²) >= 11 is 0. The van der Waals surface area contributed by atoms with E-state index in [1.807, 2.05) is 32.0 Å². The van der Waals surface area contributed by atoms with Gasteiger partial charge < -0.3 is 9.73 Å². The van der Waals surface area contributed by atoms with Gasteiger partial charge in [-0.1, -0.05) is 31.5 Å². The lowest BCUT2D eigenvalue weighted by Gasteiger charge is -2.18. The highest BCUT2D eigenvalue weighted by atomic mass is 19.1. The summed E-state index contributed by atoms with van der Waals surface area (Å²) in [7, 11) is 0. The first kappa shape index (κ1) is 14.8. The van der Waals surface area contributed by atoms with Gasteiger partial charge in [-0.25, -0.2) is 4.39 Å². The van der Waals surface area contributed by atoms with Crippen molar-refractivity contribution in [1.29, 1.82) is 0 Å². The van der Waals surface area contributed by atoms with E-state index in [1.54, 1.807) is 6.07 Å². The molecule has 0 saturated carbocycles. The normalized spacial score (nSPS) is 12.6. The fraction of sp³-hybridized carbons (Fsp3) is 0.412. The Morgan fingerprint density at radius 3 is 2.65 bits per heavy atom. The Balaban J connectivity index is 2.38. The van der Waals surface area contributed by atoms with Crippen molar-refractivity contribution in [3.05, 3.63) is 58.8 Å². The summed E-state index contributed by atoms with van der Waals surface area (Å²) in [6.07, 6.45) is 1.84. The SMILES string of the molecule is CCCNC(c1ccc(CC)o1)c1cc(C)ccc1F. The van der Waals surface area contributed by atoms with Gasteiger partial charge in [0.25, 0.3) is 0 Å². The highest BCUT2D eigenvalue weighted by molar-refractivity contribution is 5.32. The molecule has 1 aromatic carbocycles. The Morgan fingerprint density at radius 2 is 2.00 bits per heavy atom. The van der Waals surface area contributed by atoms with Crippen LogP contribution in [0.1, 0.15) is 49.0 Å². The minimum Gasteiger partial charge on any atom is -0.464 e. The quantitative estimate of drug-likeness (QED) is 0.846. The molecule has 1 atom stereocenters. The summed E-state index contributed by atoms with van der Waals surface area (Å²) in [5.74, 6) is 1.51. The smallest absolute Gasteiger partial charge is 0.128 e. The van der Waals surface area contributed by atoms with Gasteiger partial charge in [-0.3, -0.25) is 0 Å². The monoisotopic (exact) mass is 275 g/mol. The van der Waals surface area contributed by atoms with E-state index in [2.05, 4.69) is 12.2 Å². The highest BCUT2D eigenvalue weighted by Gasteiger charge is 2.20. The molecule has 20 heavy (non-hydrogen) atoms. The average Bonchev–Trinajstić information content (AvgIpc) is 2.92. The number of furan rings is 1. The number of halogens is 1. The Kier molecular flexibility index (Phi) is 4.96. The number of aryl methyl sites for hydroxylation is 2. The van der Waals surface area contributed by atoms with Gasteiger partial charge in [-0.05, 0) is 38.1 Å². The van der Waals surface area contributed by atoms with Gasteiger partial charge in [0.15, 0.2) is 0 Å². The fourth-order valence-electron chi connectivity index (χ4n) is 2.28. The summed E-state index contributed by atoms with van der Waals surface area (Å²) in [4.78, 5) is 0. The van der Waals surface area contributed by atoms with Gasteiger partial charge >= 0.3 is 0 Å². The molecule has 0 spiro atoms. The summed E-state index contributed by atoms with van der Waals surface area (Å²) in [5, 5.41) is 3.37. The molecule has 0 bridgehead atoms. The number of nitrogens with one attached hydrogen (secondary N) is 1. The number of benzene rings is 1. The highest BCUT2D eigenvalue weighted by Crippen LogP contribution is 2.27. The van der Waals surface area contributed by atoms with Crippen molar-refractivity contribution in [3.8, 4) is 0 Å². The molecule has 1 heterocycles. The van der Waals surface area contributed by atoms with Crippen molar-refractivity contribution in [3.63, 3.8) is 0 Å². The second kappa shape index (κ2) is 6.71. The maximum absolute atomic E-state index is 14.1. The van der Waals surface area contributed by atoms with Gasteiger partial charge in [0.1, 0.15) is 17.3 Å². The van der Waals surface area contributed by atoms with E-state index < -0.39 is 0 Å². The van der Waals surface area contributed by atoms with Crippen molar-refractivity contribution in [2.75, 3.05) is 6.54 Å². The minimum absolute atomic E-state index is 0.196. The van der Waals surface area contributed by atoms with Crippen molar-refractivity contribution in [2.45, 2.75) is 39.7 Å². The average molecular weight is 275 g/mol. The topological polar surface area (TPSA) is 25.2 Å². The van der Waals surface area contributed by atoms with Crippen LogP contribution in [0.2, 0.25) is 0 Å². The maximum atomic E-state index is 14.1. The van der Waals surface area contributed by atoms with Crippen LogP contribution in [-0.4, -0.2) is 6.54 Å². The van der Waals surface area contributed by atoms with Crippen LogP contribution in [0.4, 0.5) is 4.39 Å². The lowest BCUT2D eigenvalue weighted by Crippen LogP contribution is -2.23. The zero-order valence-corrected chi connectivity index (χ0v) is 12.4. The molecule has 0 aliphatic rings. The first-order chi connectivity index (χ1) is 9.65. The van der Waals surface area contributed by atoms with Crippen molar-refractivity contribution in [1.82, 2.24) is 5.32 Å². The van der Waals surface area contributed by atoms with Gasteiger partial charge in [-0.2, -0.15) is 0 Å². The summed E-state index contributed by atoms with van der Waals surface area (Å²) in [6.45, 7) is 6.93. The van der Waals surface area contributed by atoms with Crippen LogP contribution >= 0.6 is 0 Å². The lowest BCUT2D eigenvalue weighted by molar-refractivity contribution is 0.414. The van der Waals surface area contributed by atoms with Crippen LogP contribution in [0.15, 0.2) is 34.7 Å². The molecular formula is C17H22FNO. The van der Waals surface area contributed by atoms with Crippen LogP contribution in [0.5, 0.6) is 0 Å². The van der Waals surface area contributed by atoms with Crippen LogP contribution < -0.4 is 5.32 Å². The standard InChI is InChI=1S/C17H22FNO/c1-4-10-19-17(16-9-7-13(5-2)20-16)14-11-12(3)6-8-15(14)18/h6-9,11,17,19H,4-5,10H2,1-3H3. The van der Waals surface area contributed by atoms with Crippen molar-refractivity contribution in [2.24, 2.45) is 0 Å². The van der Waals surface area contributed by atoms with Crippen LogP contribution in [-0.2, 0) is 6.42 Å². The van der Waals surface area contributed by atoms with E-state index in [-0.39, 0.29) is 11.9 Å². The van der Waals surface area contributed by atoms with E-state index in [9.17, 15) is 4.39 Å². The lowest BCUT2D eigenvalue weighted by atomic mass is 10.0. The van der Waals surface area contributed by atoms with E-state index in [4.69, 9.17) is 4.42 Å². The predicted octanol–water partition coefficient (Wildman–Crippen LogP) is 4.38. The summed E-state index contributed by atoms with van der Waals surface area (Å²) < 4.78 is 20.0. The van der Waals surface area contributed by atoms with Gasteiger partial charge in [0, 0.05) is 12.0 Å². The molecule has 0 fully saturated rings. The fourth-order valence-corrected chi connectivity index (χ4v) is 2.28. The van der Waals surface area contributed by atoms with Gasteiger partial charge in [-0.15, -0.1) is 0 Å². The number of hydrogen-bond acceptors (Lipinski definition) is 2. The molecule has 0 amide bonds. The Labute approximate surface area is 120 Å². The zero-order valence-electron chi connectivity index (χ0n) is 12.4. The largest absolute Gasteiger partial charge is 0.464 e. The number of rotatable bonds is 6. The van der Waals surface area contributed by atoms with E-state index in [1.165, 1.54) is 6.07 Å². The second-order valence-corrected chi connectivity index (χ2v) is 5.07. The molecule has 108 valence electrons. The molecule has 0 aliphatic carbocycles. The Hall–Kier alpha value is -1.61. The van der Waals surface area contributed by atoms with E-state index >= 15 is 0 Å². The van der Waals surface area contributed by atoms with Crippen LogP contribution in [0.25, 0.3) is 0 Å². The summed E-state index contributed by atoms with van der Waals surface area (Å²) in [6, 6.07) is 8.87. The third-order valence-corrected chi connectivity index (χ3v) is 3.38. The molecule has 1 aromatic heterocycles. The minimum atomic E-state index is -0.227. The molecule has 0 saturated heterocycles. The molecule has 2 rings (SSSR count). The molecule has 0 radical (unpaired) electrons. The molecular weight excluding hydrogens is 253 g/mol. The predicted molar refractivity (Wildman–Crippen MR) is 79.4 cm³/mol. The second-order valence-electron chi connectivity index (χ2n) is 5.07. The first-order valence-electron chi connectivity index (χ1n) is 7.23. The summed E-state index contributed by atoms with van der Waals surface area (Å²) in [5.41, 5.74) is 1.70. The van der Waals surface area contributed by atoms with Crippen LogP contribution in [0, 0.1) is 12.7 Å². The molecule has 1 N–H and O–H groups in total. The van der Waals surface area contributed by atoms with E-state index in [0.29, 0.717) is 5.56 Å². The van der Waals surface area contributed by atoms with Crippen molar-refractivity contribution >= 4 is 0 Å². The zero-order chi connectivity index (χ0) is 14.5. The molecule has 3 heteroatoms. The molecule has 1 unspecified atom stereocenters. The Bertz CT molecular complexity index is 562.